The molecule has 0 saturated heterocycles. The Kier molecular flexibility index (Phi) is 3.24. The summed E-state index contributed by atoms with van der Waals surface area (Å²) >= 11 is 0. The van der Waals surface area contributed by atoms with E-state index in [-0.39, 0.29) is 5.56 Å². The van der Waals surface area contributed by atoms with Crippen LogP contribution in [0.5, 0.6) is 0 Å². The van der Waals surface area contributed by atoms with Gasteiger partial charge in [0.05, 0.1) is 16.9 Å². The molecule has 0 unspecified atom stereocenters. The third-order valence-electron chi connectivity index (χ3n) is 2.83. The van der Waals surface area contributed by atoms with Crippen molar-refractivity contribution in [1.82, 2.24) is 9.78 Å². The number of benzene rings is 1. The first-order chi connectivity index (χ1) is 8.65. The number of nitrogens with zero attached hydrogens (tertiary/aromatic N) is 3. The Balaban J connectivity index is 2.54. The summed E-state index contributed by atoms with van der Waals surface area (Å²) in [6.07, 6.45) is 0.953. The van der Waals surface area contributed by atoms with Gasteiger partial charge in [0.15, 0.2) is 0 Å². The van der Waals surface area contributed by atoms with Gasteiger partial charge in [-0.15, -0.1) is 0 Å². The molecule has 0 amide bonds. The largest absolute Gasteiger partial charge is 0.272 e. The molecule has 2 aromatic rings. The van der Waals surface area contributed by atoms with Crippen LogP contribution in [0.15, 0.2) is 35.1 Å². The van der Waals surface area contributed by atoms with Gasteiger partial charge in [-0.2, -0.15) is 15.0 Å². The van der Waals surface area contributed by atoms with Gasteiger partial charge in [-0.25, -0.2) is 0 Å². The fourth-order valence-electron chi connectivity index (χ4n) is 1.71. The summed E-state index contributed by atoms with van der Waals surface area (Å²) in [7, 11) is 0. The number of hydrogen-bond acceptors (Lipinski definition) is 3. The minimum absolute atomic E-state index is 0.290. The van der Waals surface area contributed by atoms with Crippen molar-refractivity contribution in [3.8, 4) is 11.8 Å². The average molecular weight is 239 g/mol. The van der Waals surface area contributed by atoms with Gasteiger partial charge in [-0.1, -0.05) is 19.1 Å². The third kappa shape index (κ3) is 2.16. The lowest BCUT2D eigenvalue weighted by molar-refractivity contribution is 0.781. The maximum absolute atomic E-state index is 11.9. The summed E-state index contributed by atoms with van der Waals surface area (Å²) in [5.41, 5.74) is 2.50. The monoisotopic (exact) mass is 239 g/mol. The predicted octanol–water partition coefficient (Wildman–Crippen LogP) is 1.97. The molecule has 0 bridgehead atoms. The van der Waals surface area contributed by atoms with Crippen molar-refractivity contribution >= 4 is 0 Å². The van der Waals surface area contributed by atoms with Crippen molar-refractivity contribution in [1.29, 1.82) is 5.26 Å². The number of aromatic nitrogens is 2. The van der Waals surface area contributed by atoms with Crippen LogP contribution in [0.25, 0.3) is 5.69 Å². The van der Waals surface area contributed by atoms with Crippen LogP contribution in [0.1, 0.15) is 23.7 Å². The molecule has 0 fully saturated rings. The smallest absolute Gasteiger partial charge is 0.267 e. The summed E-state index contributed by atoms with van der Waals surface area (Å²) in [5.74, 6) is 0. The molecule has 0 aliphatic heterocycles. The molecule has 0 saturated carbocycles. The Morgan fingerprint density at radius 2 is 2.00 bits per heavy atom. The van der Waals surface area contributed by atoms with Crippen LogP contribution < -0.4 is 5.56 Å². The van der Waals surface area contributed by atoms with Gasteiger partial charge in [0.2, 0.25) is 0 Å². The van der Waals surface area contributed by atoms with Gasteiger partial charge in [-0.3, -0.25) is 4.79 Å². The normalized spacial score (nSPS) is 10.1. The van der Waals surface area contributed by atoms with E-state index in [1.54, 1.807) is 6.92 Å². The van der Waals surface area contributed by atoms with Crippen molar-refractivity contribution in [2.45, 2.75) is 20.3 Å². The summed E-state index contributed by atoms with van der Waals surface area (Å²) in [6, 6.07) is 10.9. The second-order valence-corrected chi connectivity index (χ2v) is 4.03. The zero-order valence-electron chi connectivity index (χ0n) is 10.3. The number of hydrogen-bond donors (Lipinski definition) is 0. The van der Waals surface area contributed by atoms with Crippen molar-refractivity contribution in [3.63, 3.8) is 0 Å². The lowest BCUT2D eigenvalue weighted by atomic mass is 10.1. The van der Waals surface area contributed by atoms with Crippen LogP contribution in [0.3, 0.4) is 0 Å². The number of rotatable bonds is 2. The van der Waals surface area contributed by atoms with Crippen molar-refractivity contribution in [2.75, 3.05) is 0 Å². The van der Waals surface area contributed by atoms with E-state index >= 15 is 0 Å². The van der Waals surface area contributed by atoms with Gasteiger partial charge < -0.3 is 0 Å². The van der Waals surface area contributed by atoms with Crippen LogP contribution in [0, 0.1) is 18.3 Å². The summed E-state index contributed by atoms with van der Waals surface area (Å²) in [5, 5.41) is 13.0. The highest BCUT2D eigenvalue weighted by Crippen LogP contribution is 2.08. The summed E-state index contributed by atoms with van der Waals surface area (Å²) < 4.78 is 1.32. The molecular formula is C14H13N3O. The molecule has 4 heteroatoms. The van der Waals surface area contributed by atoms with E-state index in [1.165, 1.54) is 16.3 Å². The lowest BCUT2D eigenvalue weighted by Crippen LogP contribution is -2.22. The van der Waals surface area contributed by atoms with Crippen LogP contribution in [0.4, 0.5) is 0 Å². The van der Waals surface area contributed by atoms with Gasteiger partial charge in [-0.05, 0) is 31.0 Å². The SMILES string of the molecule is CCc1ccc(-n2nc(C)c(C#N)cc2=O)cc1. The molecule has 18 heavy (non-hydrogen) atoms. The molecule has 0 atom stereocenters. The maximum atomic E-state index is 11.9. The Labute approximate surface area is 105 Å². The van der Waals surface area contributed by atoms with Gasteiger partial charge in [0.1, 0.15) is 6.07 Å². The Bertz CT molecular complexity index is 663. The van der Waals surface area contributed by atoms with E-state index in [4.69, 9.17) is 5.26 Å². The van der Waals surface area contributed by atoms with E-state index in [9.17, 15) is 4.79 Å². The fraction of sp³-hybridized carbons (Fsp3) is 0.214. The first-order valence-corrected chi connectivity index (χ1v) is 5.76. The van der Waals surface area contributed by atoms with Gasteiger partial charge in [0.25, 0.3) is 5.56 Å². The number of aryl methyl sites for hydroxylation is 2. The van der Waals surface area contributed by atoms with E-state index in [1.807, 2.05) is 30.3 Å². The highest BCUT2D eigenvalue weighted by atomic mass is 16.1. The molecule has 0 aliphatic carbocycles. The van der Waals surface area contributed by atoms with E-state index in [0.717, 1.165) is 6.42 Å². The molecule has 1 aromatic heterocycles. The summed E-state index contributed by atoms with van der Waals surface area (Å²) in [4.78, 5) is 11.9. The fourth-order valence-corrected chi connectivity index (χ4v) is 1.71. The predicted molar refractivity (Wildman–Crippen MR) is 68.7 cm³/mol. The zero-order chi connectivity index (χ0) is 13.1. The molecule has 1 aromatic carbocycles. The molecule has 0 spiro atoms. The summed E-state index contributed by atoms with van der Waals surface area (Å²) in [6.45, 7) is 3.79. The molecular weight excluding hydrogens is 226 g/mol. The van der Waals surface area contributed by atoms with E-state index in [2.05, 4.69) is 12.0 Å². The quantitative estimate of drug-likeness (QED) is 0.805. The molecule has 0 aliphatic rings. The zero-order valence-corrected chi connectivity index (χ0v) is 10.3. The first-order valence-electron chi connectivity index (χ1n) is 5.76. The molecule has 0 N–H and O–H groups in total. The van der Waals surface area contributed by atoms with Crippen LogP contribution in [-0.2, 0) is 6.42 Å². The average Bonchev–Trinajstić information content (AvgIpc) is 2.41. The molecule has 4 nitrogen and oxygen atoms in total. The number of nitriles is 1. The van der Waals surface area contributed by atoms with Crippen LogP contribution in [0.2, 0.25) is 0 Å². The van der Waals surface area contributed by atoms with E-state index in [0.29, 0.717) is 16.9 Å². The highest BCUT2D eigenvalue weighted by molar-refractivity contribution is 5.36. The molecule has 0 radical (unpaired) electrons. The standard InChI is InChI=1S/C14H13N3O/c1-3-11-4-6-13(7-5-11)17-14(18)8-12(9-15)10(2)16-17/h4-8H,3H2,1-2H3. The molecule has 90 valence electrons. The molecule has 1 heterocycles. The van der Waals surface area contributed by atoms with Crippen LogP contribution in [-0.4, -0.2) is 9.78 Å². The second-order valence-electron chi connectivity index (χ2n) is 4.03. The van der Waals surface area contributed by atoms with Crippen molar-refractivity contribution in [3.05, 3.63) is 57.5 Å². The highest BCUT2D eigenvalue weighted by Gasteiger charge is 2.06. The Morgan fingerprint density at radius 1 is 1.33 bits per heavy atom. The van der Waals surface area contributed by atoms with E-state index < -0.39 is 0 Å². The minimum Gasteiger partial charge on any atom is -0.267 e. The minimum atomic E-state index is -0.290. The van der Waals surface area contributed by atoms with Crippen LogP contribution >= 0.6 is 0 Å². The molecule has 2 rings (SSSR count). The first kappa shape index (κ1) is 12.1. The third-order valence-corrected chi connectivity index (χ3v) is 2.83. The van der Waals surface area contributed by atoms with Crippen molar-refractivity contribution in [2.24, 2.45) is 0 Å². The Morgan fingerprint density at radius 3 is 2.56 bits per heavy atom. The van der Waals surface area contributed by atoms with Gasteiger partial charge in [0, 0.05) is 6.07 Å². The maximum Gasteiger partial charge on any atom is 0.272 e. The second kappa shape index (κ2) is 4.84. The lowest BCUT2D eigenvalue weighted by Gasteiger charge is -2.06. The van der Waals surface area contributed by atoms with Crippen molar-refractivity contribution < 1.29 is 0 Å². The van der Waals surface area contributed by atoms with Gasteiger partial charge >= 0.3 is 0 Å². The topological polar surface area (TPSA) is 58.7 Å². The Hall–Kier alpha value is -2.41.